The summed E-state index contributed by atoms with van der Waals surface area (Å²) in [4.78, 5) is 27.0. The van der Waals surface area contributed by atoms with E-state index >= 15 is 0 Å². The molecule has 8 heteroatoms. The highest BCUT2D eigenvalue weighted by atomic mass is 32.1. The van der Waals surface area contributed by atoms with Gasteiger partial charge in [-0.25, -0.2) is 9.97 Å². The molecule has 7 nitrogen and oxygen atoms in total. The van der Waals surface area contributed by atoms with E-state index in [9.17, 15) is 4.79 Å². The van der Waals surface area contributed by atoms with Crippen LogP contribution in [0.15, 0.2) is 40.8 Å². The van der Waals surface area contributed by atoms with E-state index in [1.54, 1.807) is 18.4 Å². The Bertz CT molecular complexity index is 710. The molecule has 3 heterocycles. The maximum Gasteiger partial charge on any atom is 0.257 e. The van der Waals surface area contributed by atoms with Crippen LogP contribution in [0.3, 0.4) is 0 Å². The molecule has 0 saturated heterocycles. The molecule has 0 fully saturated rings. The first-order chi connectivity index (χ1) is 10.2. The number of carbonyl (C=O) groups excluding carboxylic acids is 1. The summed E-state index contributed by atoms with van der Waals surface area (Å²) in [6.07, 6.45) is 4.28. The highest BCUT2D eigenvalue weighted by Crippen LogP contribution is 2.20. The number of amides is 1. The molecule has 0 spiro atoms. The summed E-state index contributed by atoms with van der Waals surface area (Å²) < 4.78 is 4.64. The number of rotatable bonds is 4. The average molecular weight is 301 g/mol. The molecule has 106 valence electrons. The van der Waals surface area contributed by atoms with Crippen LogP contribution in [0.1, 0.15) is 16.2 Å². The number of aromatic nitrogens is 4. The lowest BCUT2D eigenvalue weighted by Gasteiger charge is -2.14. The molecule has 3 rings (SSSR count). The van der Waals surface area contributed by atoms with Gasteiger partial charge in [0.1, 0.15) is 0 Å². The van der Waals surface area contributed by atoms with Gasteiger partial charge < -0.3 is 9.42 Å². The molecule has 0 bridgehead atoms. The Morgan fingerprint density at radius 3 is 2.76 bits per heavy atom. The SMILES string of the molecule is CN(Cc1ncon1)C(=O)c1cnc(-c2cccs2)nc1. The first-order valence-electron chi connectivity index (χ1n) is 6.10. The smallest absolute Gasteiger partial charge is 0.257 e. The van der Waals surface area contributed by atoms with Crippen molar-refractivity contribution in [2.45, 2.75) is 6.54 Å². The van der Waals surface area contributed by atoms with Crippen molar-refractivity contribution >= 4 is 17.2 Å². The fraction of sp³-hybridized carbons (Fsp3) is 0.154. The Kier molecular flexibility index (Phi) is 3.69. The van der Waals surface area contributed by atoms with Gasteiger partial charge in [0.15, 0.2) is 11.6 Å². The Labute approximate surface area is 124 Å². The zero-order chi connectivity index (χ0) is 14.7. The van der Waals surface area contributed by atoms with Gasteiger partial charge in [-0.3, -0.25) is 4.79 Å². The van der Waals surface area contributed by atoms with Crippen molar-refractivity contribution in [3.8, 4) is 10.7 Å². The van der Waals surface area contributed by atoms with Crippen molar-refractivity contribution < 1.29 is 9.32 Å². The quantitative estimate of drug-likeness (QED) is 0.731. The van der Waals surface area contributed by atoms with Gasteiger partial charge in [-0.05, 0) is 11.4 Å². The van der Waals surface area contributed by atoms with Crippen molar-refractivity contribution in [3.63, 3.8) is 0 Å². The second-order valence-corrected chi connectivity index (χ2v) is 5.23. The van der Waals surface area contributed by atoms with Crippen LogP contribution in [0.5, 0.6) is 0 Å². The van der Waals surface area contributed by atoms with Crippen molar-refractivity contribution in [2.24, 2.45) is 0 Å². The van der Waals surface area contributed by atoms with Crippen LogP contribution in [0.4, 0.5) is 0 Å². The summed E-state index contributed by atoms with van der Waals surface area (Å²) in [5, 5.41) is 5.63. The third-order valence-corrected chi connectivity index (χ3v) is 3.64. The molecule has 0 saturated carbocycles. The molecule has 0 unspecified atom stereocenters. The molecule has 0 atom stereocenters. The maximum absolute atomic E-state index is 12.2. The third kappa shape index (κ3) is 2.95. The van der Waals surface area contributed by atoms with E-state index in [1.807, 2.05) is 17.5 Å². The van der Waals surface area contributed by atoms with E-state index in [2.05, 4.69) is 24.6 Å². The predicted octanol–water partition coefficient (Wildman–Crippen LogP) is 1.86. The van der Waals surface area contributed by atoms with Crippen molar-refractivity contribution in [2.75, 3.05) is 7.05 Å². The summed E-state index contributed by atoms with van der Waals surface area (Å²) in [6.45, 7) is 0.266. The van der Waals surface area contributed by atoms with Crippen LogP contribution in [0.25, 0.3) is 10.7 Å². The fourth-order valence-electron chi connectivity index (χ4n) is 1.74. The van der Waals surface area contributed by atoms with E-state index in [0.29, 0.717) is 17.2 Å². The number of hydrogen-bond donors (Lipinski definition) is 0. The van der Waals surface area contributed by atoms with E-state index < -0.39 is 0 Å². The Balaban J connectivity index is 1.72. The average Bonchev–Trinajstić information content (AvgIpc) is 3.20. The summed E-state index contributed by atoms with van der Waals surface area (Å²) in [5.41, 5.74) is 0.418. The number of thiophene rings is 1. The minimum Gasteiger partial charge on any atom is -0.343 e. The van der Waals surface area contributed by atoms with Gasteiger partial charge in [0.2, 0.25) is 6.39 Å². The molecular weight excluding hydrogens is 290 g/mol. The highest BCUT2D eigenvalue weighted by Gasteiger charge is 2.15. The molecular formula is C13H11N5O2S. The van der Waals surface area contributed by atoms with E-state index in [4.69, 9.17) is 0 Å². The van der Waals surface area contributed by atoms with Crippen molar-refractivity contribution in [3.05, 3.63) is 47.7 Å². The number of carbonyl (C=O) groups is 1. The maximum atomic E-state index is 12.2. The third-order valence-electron chi connectivity index (χ3n) is 2.77. The molecule has 1 amide bonds. The first kappa shape index (κ1) is 13.4. The number of hydrogen-bond acceptors (Lipinski definition) is 7. The molecule has 0 aliphatic rings. The second kappa shape index (κ2) is 5.80. The summed E-state index contributed by atoms with van der Waals surface area (Å²) >= 11 is 1.55. The highest BCUT2D eigenvalue weighted by molar-refractivity contribution is 7.13. The lowest BCUT2D eigenvalue weighted by Crippen LogP contribution is -2.27. The molecule has 21 heavy (non-hydrogen) atoms. The minimum atomic E-state index is -0.197. The normalized spacial score (nSPS) is 10.5. The first-order valence-corrected chi connectivity index (χ1v) is 6.98. The van der Waals surface area contributed by atoms with Crippen LogP contribution < -0.4 is 0 Å². The van der Waals surface area contributed by atoms with Crippen LogP contribution in [-0.2, 0) is 6.54 Å². The minimum absolute atomic E-state index is 0.197. The lowest BCUT2D eigenvalue weighted by molar-refractivity contribution is 0.0780. The molecule has 3 aromatic rings. The van der Waals surface area contributed by atoms with Crippen LogP contribution >= 0.6 is 11.3 Å². The summed E-state index contributed by atoms with van der Waals surface area (Å²) in [7, 11) is 1.66. The molecule has 0 aliphatic carbocycles. The van der Waals surface area contributed by atoms with Gasteiger partial charge in [0, 0.05) is 19.4 Å². The van der Waals surface area contributed by atoms with Gasteiger partial charge in [-0.2, -0.15) is 4.98 Å². The standard InChI is InChI=1S/C13H11N5O2S/c1-18(7-11-16-8-20-17-11)13(19)9-5-14-12(15-6-9)10-3-2-4-21-10/h2-6,8H,7H2,1H3. The largest absolute Gasteiger partial charge is 0.343 e. The second-order valence-electron chi connectivity index (χ2n) is 4.28. The van der Waals surface area contributed by atoms with Crippen molar-refractivity contribution in [1.82, 2.24) is 25.0 Å². The van der Waals surface area contributed by atoms with Gasteiger partial charge in [-0.15, -0.1) is 11.3 Å². The number of nitrogens with zero attached hydrogens (tertiary/aromatic N) is 5. The topological polar surface area (TPSA) is 85.0 Å². The lowest BCUT2D eigenvalue weighted by atomic mass is 10.3. The Morgan fingerprint density at radius 2 is 2.14 bits per heavy atom. The monoisotopic (exact) mass is 301 g/mol. The van der Waals surface area contributed by atoms with Crippen LogP contribution in [-0.4, -0.2) is 38.0 Å². The Morgan fingerprint density at radius 1 is 1.33 bits per heavy atom. The van der Waals surface area contributed by atoms with E-state index in [0.717, 1.165) is 4.88 Å². The molecule has 0 N–H and O–H groups in total. The van der Waals surface area contributed by atoms with E-state index in [1.165, 1.54) is 23.7 Å². The predicted molar refractivity (Wildman–Crippen MR) is 75.4 cm³/mol. The van der Waals surface area contributed by atoms with E-state index in [-0.39, 0.29) is 12.5 Å². The van der Waals surface area contributed by atoms with Gasteiger partial charge in [-0.1, -0.05) is 11.2 Å². The zero-order valence-corrected chi connectivity index (χ0v) is 11.9. The zero-order valence-electron chi connectivity index (χ0n) is 11.1. The van der Waals surface area contributed by atoms with Gasteiger partial charge in [0.05, 0.1) is 17.0 Å². The van der Waals surface area contributed by atoms with Gasteiger partial charge in [0.25, 0.3) is 5.91 Å². The fourth-order valence-corrected chi connectivity index (χ4v) is 2.41. The molecule has 3 aromatic heterocycles. The molecule has 0 radical (unpaired) electrons. The van der Waals surface area contributed by atoms with Crippen LogP contribution in [0.2, 0.25) is 0 Å². The van der Waals surface area contributed by atoms with Gasteiger partial charge >= 0.3 is 0 Å². The molecule has 0 aliphatic heterocycles. The summed E-state index contributed by atoms with van der Waals surface area (Å²) in [5.74, 6) is 0.863. The van der Waals surface area contributed by atoms with Crippen molar-refractivity contribution in [1.29, 1.82) is 0 Å². The molecule has 0 aromatic carbocycles. The summed E-state index contributed by atoms with van der Waals surface area (Å²) in [6, 6.07) is 3.87. The van der Waals surface area contributed by atoms with Crippen LogP contribution in [0, 0.1) is 0 Å². The Hall–Kier alpha value is -2.61.